The number of rotatable bonds is 5. The van der Waals surface area contributed by atoms with Crippen molar-refractivity contribution in [1.82, 2.24) is 15.0 Å². The van der Waals surface area contributed by atoms with E-state index < -0.39 is 15.7 Å². The van der Waals surface area contributed by atoms with Crippen molar-refractivity contribution in [3.8, 4) is 0 Å². The summed E-state index contributed by atoms with van der Waals surface area (Å²) in [4.78, 5) is 24.7. The number of halogens is 1. The zero-order valence-electron chi connectivity index (χ0n) is 14.0. The van der Waals surface area contributed by atoms with E-state index in [2.05, 4.69) is 36.2 Å². The van der Waals surface area contributed by atoms with Crippen molar-refractivity contribution >= 4 is 58.4 Å². The first kappa shape index (κ1) is 18.9. The molecule has 26 heavy (non-hydrogen) atoms. The summed E-state index contributed by atoms with van der Waals surface area (Å²) in [7, 11) is -3.62. The lowest BCUT2D eigenvalue weighted by Gasteiger charge is -2.06. The molecule has 7 nitrogen and oxygen atoms in total. The Bertz CT molecular complexity index is 1100. The lowest BCUT2D eigenvalue weighted by Crippen LogP contribution is -2.18. The molecule has 3 aromatic rings. The number of nitrogens with zero attached hydrogens (tertiary/aromatic N) is 3. The number of carbonyl (C=O) groups excluding carboxylic acids is 1. The second-order valence-electron chi connectivity index (χ2n) is 5.61. The van der Waals surface area contributed by atoms with Crippen molar-refractivity contribution in [2.75, 3.05) is 11.1 Å². The summed E-state index contributed by atoms with van der Waals surface area (Å²) in [6, 6.07) is 5.81. The number of thiazole rings is 1. The number of carbonyl (C=O) groups is 1. The van der Waals surface area contributed by atoms with E-state index in [0.29, 0.717) is 16.0 Å². The van der Waals surface area contributed by atoms with Crippen molar-refractivity contribution < 1.29 is 13.2 Å². The largest absolute Gasteiger partial charge is 0.296 e. The summed E-state index contributed by atoms with van der Waals surface area (Å²) < 4.78 is 25.5. The number of benzene rings is 1. The summed E-state index contributed by atoms with van der Waals surface area (Å²) in [6.45, 7) is 3.73. The highest BCUT2D eigenvalue weighted by Crippen LogP contribution is 2.27. The zero-order valence-corrected chi connectivity index (χ0v) is 17.2. The first-order chi connectivity index (χ1) is 12.3. The first-order valence-corrected chi connectivity index (χ1v) is 11.0. The van der Waals surface area contributed by atoms with Crippen LogP contribution >= 0.6 is 27.3 Å². The summed E-state index contributed by atoms with van der Waals surface area (Å²) in [6.07, 6.45) is 1.71. The summed E-state index contributed by atoms with van der Waals surface area (Å²) in [5.41, 5.74) is 1.83. The Morgan fingerprint density at radius 3 is 2.81 bits per heavy atom. The highest BCUT2D eigenvalue weighted by molar-refractivity contribution is 9.10. The molecule has 10 heteroatoms. The Morgan fingerprint density at radius 1 is 1.31 bits per heavy atom. The molecule has 0 saturated carbocycles. The highest BCUT2D eigenvalue weighted by atomic mass is 79.9. The van der Waals surface area contributed by atoms with Crippen LogP contribution in [0.2, 0.25) is 0 Å². The van der Waals surface area contributed by atoms with Gasteiger partial charge in [-0.3, -0.25) is 10.1 Å². The molecule has 3 rings (SSSR count). The zero-order chi connectivity index (χ0) is 18.9. The summed E-state index contributed by atoms with van der Waals surface area (Å²) in [5, 5.41) is 2.73. The number of anilines is 1. The molecule has 1 N–H and O–H groups in total. The number of sulfone groups is 1. The fraction of sp³-hybridized carbons (Fsp3) is 0.250. The van der Waals surface area contributed by atoms with Gasteiger partial charge in [0, 0.05) is 6.20 Å². The quantitative estimate of drug-likeness (QED) is 0.590. The van der Waals surface area contributed by atoms with Gasteiger partial charge in [-0.25, -0.2) is 23.4 Å². The molecule has 1 aromatic carbocycles. The number of nitrogens with one attached hydrogen (secondary N) is 1. The van der Waals surface area contributed by atoms with Crippen molar-refractivity contribution in [3.05, 3.63) is 40.1 Å². The third-order valence-electron chi connectivity index (χ3n) is 3.45. The first-order valence-electron chi connectivity index (χ1n) is 7.74. The summed E-state index contributed by atoms with van der Waals surface area (Å²) >= 11 is 4.53. The molecule has 0 fully saturated rings. The van der Waals surface area contributed by atoms with Gasteiger partial charge in [0.2, 0.25) is 15.0 Å². The predicted octanol–water partition coefficient (Wildman–Crippen LogP) is 3.59. The number of hydrogen-bond donors (Lipinski definition) is 1. The molecule has 0 saturated heterocycles. The average Bonchev–Trinajstić information content (AvgIpc) is 2.96. The van der Waals surface area contributed by atoms with Gasteiger partial charge in [-0.15, -0.1) is 0 Å². The van der Waals surface area contributed by atoms with Crippen molar-refractivity contribution in [1.29, 1.82) is 0 Å². The maximum absolute atomic E-state index is 12.6. The van der Waals surface area contributed by atoms with E-state index in [-0.39, 0.29) is 16.6 Å². The Labute approximate surface area is 162 Å². The minimum Gasteiger partial charge on any atom is -0.296 e. The molecular weight excluding hydrogens is 440 g/mol. The van der Waals surface area contributed by atoms with Crippen LogP contribution in [0, 0.1) is 6.92 Å². The molecule has 0 bridgehead atoms. The second kappa shape index (κ2) is 7.37. The van der Waals surface area contributed by atoms with Crippen LogP contribution in [-0.4, -0.2) is 35.0 Å². The van der Waals surface area contributed by atoms with E-state index in [9.17, 15) is 13.2 Å². The summed E-state index contributed by atoms with van der Waals surface area (Å²) in [5.74, 6) is -0.629. The Morgan fingerprint density at radius 2 is 2.08 bits per heavy atom. The van der Waals surface area contributed by atoms with Crippen LogP contribution in [0.4, 0.5) is 5.13 Å². The smallest absolute Gasteiger partial charge is 0.277 e. The maximum Gasteiger partial charge on any atom is 0.277 e. The van der Waals surface area contributed by atoms with Crippen molar-refractivity contribution in [2.45, 2.75) is 25.4 Å². The third-order valence-corrected chi connectivity index (χ3v) is 6.67. The molecule has 1 amide bonds. The highest BCUT2D eigenvalue weighted by Gasteiger charge is 2.22. The molecule has 0 aliphatic rings. The van der Waals surface area contributed by atoms with Crippen LogP contribution in [0.25, 0.3) is 10.2 Å². The monoisotopic (exact) mass is 454 g/mol. The van der Waals surface area contributed by atoms with Gasteiger partial charge < -0.3 is 0 Å². The molecule has 2 heterocycles. The molecule has 0 aliphatic heterocycles. The van der Waals surface area contributed by atoms with Crippen LogP contribution in [0.3, 0.4) is 0 Å². The Kier molecular flexibility index (Phi) is 5.35. The number of amides is 1. The van der Waals surface area contributed by atoms with Gasteiger partial charge in [-0.1, -0.05) is 24.3 Å². The van der Waals surface area contributed by atoms with E-state index >= 15 is 0 Å². The van der Waals surface area contributed by atoms with Gasteiger partial charge in [0.1, 0.15) is 5.69 Å². The topological polar surface area (TPSA) is 102 Å². The molecule has 0 spiro atoms. The fourth-order valence-electron chi connectivity index (χ4n) is 2.26. The molecule has 2 aromatic heterocycles. The molecule has 0 aliphatic carbocycles. The van der Waals surface area contributed by atoms with Gasteiger partial charge in [0.15, 0.2) is 5.13 Å². The SMILES string of the molecule is CCCS(=O)(=O)c1ncc(Br)c(C(=O)Nc2nc3ccc(C)cc3s2)n1. The van der Waals surface area contributed by atoms with Gasteiger partial charge in [0.05, 0.1) is 20.4 Å². The van der Waals surface area contributed by atoms with Crippen LogP contribution in [0.1, 0.15) is 29.4 Å². The fourth-order valence-corrected chi connectivity index (χ4v) is 4.76. The van der Waals surface area contributed by atoms with E-state index in [0.717, 1.165) is 15.8 Å². The van der Waals surface area contributed by atoms with E-state index in [1.807, 2.05) is 25.1 Å². The van der Waals surface area contributed by atoms with E-state index in [4.69, 9.17) is 0 Å². The number of aromatic nitrogens is 3. The predicted molar refractivity (Wildman–Crippen MR) is 104 cm³/mol. The van der Waals surface area contributed by atoms with Gasteiger partial charge in [-0.2, -0.15) is 0 Å². The molecular formula is C16H15BrN4O3S2. The number of hydrogen-bond acceptors (Lipinski definition) is 7. The van der Waals surface area contributed by atoms with Crippen LogP contribution in [0.15, 0.2) is 34.0 Å². The third kappa shape index (κ3) is 3.92. The molecule has 0 unspecified atom stereocenters. The molecule has 136 valence electrons. The minimum atomic E-state index is -3.62. The molecule has 0 radical (unpaired) electrons. The Balaban J connectivity index is 1.91. The minimum absolute atomic E-state index is 0.0508. The lowest BCUT2D eigenvalue weighted by atomic mass is 10.2. The van der Waals surface area contributed by atoms with Crippen LogP contribution in [-0.2, 0) is 9.84 Å². The van der Waals surface area contributed by atoms with Crippen molar-refractivity contribution in [2.24, 2.45) is 0 Å². The van der Waals surface area contributed by atoms with Gasteiger partial charge in [-0.05, 0) is 47.0 Å². The van der Waals surface area contributed by atoms with Crippen LogP contribution in [0.5, 0.6) is 0 Å². The van der Waals surface area contributed by atoms with E-state index in [1.165, 1.54) is 17.5 Å². The standard InChI is InChI=1S/C16H15BrN4O3S2/c1-3-6-26(23,24)16-18-8-10(17)13(20-16)14(22)21-15-19-11-5-4-9(2)7-12(11)25-15/h4-5,7-8H,3,6H2,1-2H3,(H,19,21,22). The van der Waals surface area contributed by atoms with E-state index in [1.54, 1.807) is 6.92 Å². The van der Waals surface area contributed by atoms with Gasteiger partial charge >= 0.3 is 0 Å². The average molecular weight is 455 g/mol. The van der Waals surface area contributed by atoms with Gasteiger partial charge in [0.25, 0.3) is 5.91 Å². The Hall–Kier alpha value is -1.91. The number of aryl methyl sites for hydroxylation is 1. The van der Waals surface area contributed by atoms with Crippen molar-refractivity contribution in [3.63, 3.8) is 0 Å². The second-order valence-corrected chi connectivity index (χ2v) is 9.50. The number of fused-ring (bicyclic) bond motifs is 1. The maximum atomic E-state index is 12.6. The molecule has 0 atom stereocenters. The van der Waals surface area contributed by atoms with Crippen LogP contribution < -0.4 is 5.32 Å². The lowest BCUT2D eigenvalue weighted by molar-refractivity contribution is 0.102. The normalized spacial score (nSPS) is 11.7.